The lowest BCUT2D eigenvalue weighted by Gasteiger charge is -2.13. The molecular formula is C17H26N2O2. The van der Waals surface area contributed by atoms with Gasteiger partial charge in [-0.05, 0) is 36.1 Å². The van der Waals surface area contributed by atoms with E-state index in [4.69, 9.17) is 0 Å². The Bertz CT molecular complexity index is 464. The van der Waals surface area contributed by atoms with Gasteiger partial charge in [-0.1, -0.05) is 26.0 Å². The largest absolute Gasteiger partial charge is 0.391 e. The van der Waals surface area contributed by atoms with Crippen molar-refractivity contribution in [3.8, 4) is 0 Å². The van der Waals surface area contributed by atoms with E-state index in [-0.39, 0.29) is 5.91 Å². The lowest BCUT2D eigenvalue weighted by atomic mass is 10.1. The first-order valence-electron chi connectivity index (χ1n) is 7.30. The maximum atomic E-state index is 11.7. The fourth-order valence-electron chi connectivity index (χ4n) is 1.96. The SMILES string of the molecule is CC(C)CC(O)CNC(=O)/C=C/c1ccc(N(C)C)cc1. The normalized spacial score (nSPS) is 12.7. The van der Waals surface area contributed by atoms with E-state index in [9.17, 15) is 9.90 Å². The Morgan fingerprint density at radius 2 is 1.90 bits per heavy atom. The van der Waals surface area contributed by atoms with Crippen LogP contribution in [0.3, 0.4) is 0 Å². The van der Waals surface area contributed by atoms with Gasteiger partial charge in [0.05, 0.1) is 6.10 Å². The molecule has 0 spiro atoms. The molecule has 1 amide bonds. The van der Waals surface area contributed by atoms with Gasteiger partial charge in [-0.15, -0.1) is 0 Å². The standard InChI is InChI=1S/C17H26N2O2/c1-13(2)11-16(20)12-18-17(21)10-7-14-5-8-15(9-6-14)19(3)4/h5-10,13,16,20H,11-12H2,1-4H3,(H,18,21)/b10-7+. The molecule has 1 unspecified atom stereocenters. The third-order valence-corrected chi connectivity index (χ3v) is 3.09. The second-order valence-corrected chi connectivity index (χ2v) is 5.85. The van der Waals surface area contributed by atoms with Gasteiger partial charge < -0.3 is 15.3 Å². The van der Waals surface area contributed by atoms with Crippen molar-refractivity contribution in [2.45, 2.75) is 26.4 Å². The zero-order valence-corrected chi connectivity index (χ0v) is 13.3. The van der Waals surface area contributed by atoms with Crippen LogP contribution in [0.15, 0.2) is 30.3 Å². The summed E-state index contributed by atoms with van der Waals surface area (Å²) in [6.07, 6.45) is 3.47. The van der Waals surface area contributed by atoms with Gasteiger partial charge in [0.2, 0.25) is 5.91 Å². The Hall–Kier alpha value is -1.81. The van der Waals surface area contributed by atoms with Crippen molar-refractivity contribution in [2.24, 2.45) is 5.92 Å². The first kappa shape index (κ1) is 17.2. The van der Waals surface area contributed by atoms with E-state index in [2.05, 4.69) is 5.32 Å². The number of nitrogens with one attached hydrogen (secondary N) is 1. The minimum atomic E-state index is -0.485. The van der Waals surface area contributed by atoms with Crippen molar-refractivity contribution in [3.05, 3.63) is 35.9 Å². The van der Waals surface area contributed by atoms with Crippen LogP contribution < -0.4 is 10.2 Å². The predicted octanol–water partition coefficient (Wildman–Crippen LogP) is 2.29. The monoisotopic (exact) mass is 290 g/mol. The topological polar surface area (TPSA) is 52.6 Å². The molecule has 1 aromatic carbocycles. The van der Waals surface area contributed by atoms with Crippen LogP contribution in [0.5, 0.6) is 0 Å². The van der Waals surface area contributed by atoms with Gasteiger partial charge in [-0.3, -0.25) is 4.79 Å². The van der Waals surface area contributed by atoms with E-state index in [0.29, 0.717) is 18.9 Å². The van der Waals surface area contributed by atoms with Crippen molar-refractivity contribution >= 4 is 17.7 Å². The number of nitrogens with zero attached hydrogens (tertiary/aromatic N) is 1. The number of hydrogen-bond donors (Lipinski definition) is 2. The van der Waals surface area contributed by atoms with E-state index in [1.54, 1.807) is 6.08 Å². The summed E-state index contributed by atoms with van der Waals surface area (Å²) >= 11 is 0. The van der Waals surface area contributed by atoms with Gasteiger partial charge in [-0.25, -0.2) is 0 Å². The molecule has 21 heavy (non-hydrogen) atoms. The minimum absolute atomic E-state index is 0.186. The summed E-state index contributed by atoms with van der Waals surface area (Å²) in [4.78, 5) is 13.7. The third kappa shape index (κ3) is 6.95. The van der Waals surface area contributed by atoms with Crippen LogP contribution in [0.4, 0.5) is 5.69 Å². The second-order valence-electron chi connectivity index (χ2n) is 5.85. The number of rotatable bonds is 7. The summed E-state index contributed by atoms with van der Waals surface area (Å²) in [5.41, 5.74) is 2.09. The van der Waals surface area contributed by atoms with E-state index in [1.165, 1.54) is 6.08 Å². The lowest BCUT2D eigenvalue weighted by molar-refractivity contribution is -0.116. The van der Waals surface area contributed by atoms with Crippen LogP contribution in [0, 0.1) is 5.92 Å². The van der Waals surface area contributed by atoms with Crippen LogP contribution in [-0.2, 0) is 4.79 Å². The molecule has 0 aliphatic rings. The smallest absolute Gasteiger partial charge is 0.244 e. The van der Waals surface area contributed by atoms with Crippen molar-refractivity contribution in [3.63, 3.8) is 0 Å². The highest BCUT2D eigenvalue weighted by atomic mass is 16.3. The molecule has 0 aliphatic heterocycles. The molecule has 1 atom stereocenters. The molecule has 0 aromatic heterocycles. The summed E-state index contributed by atoms with van der Waals surface area (Å²) in [7, 11) is 3.97. The molecule has 1 rings (SSSR count). The summed E-state index contributed by atoms with van der Waals surface area (Å²) in [6.45, 7) is 4.38. The zero-order valence-electron chi connectivity index (χ0n) is 13.3. The number of carbonyl (C=O) groups is 1. The van der Waals surface area contributed by atoms with Gasteiger partial charge in [0, 0.05) is 32.4 Å². The molecule has 4 heteroatoms. The number of amides is 1. The molecule has 0 aliphatic carbocycles. The highest BCUT2D eigenvalue weighted by Gasteiger charge is 2.07. The summed E-state index contributed by atoms with van der Waals surface area (Å²) in [6, 6.07) is 7.94. The summed E-state index contributed by atoms with van der Waals surface area (Å²) < 4.78 is 0. The maximum absolute atomic E-state index is 11.7. The second kappa shape index (κ2) is 8.47. The molecule has 1 aromatic rings. The minimum Gasteiger partial charge on any atom is -0.391 e. The number of aliphatic hydroxyl groups excluding tert-OH is 1. The lowest BCUT2D eigenvalue weighted by Crippen LogP contribution is -2.31. The molecule has 0 saturated heterocycles. The number of carbonyl (C=O) groups excluding carboxylic acids is 1. The third-order valence-electron chi connectivity index (χ3n) is 3.09. The van der Waals surface area contributed by atoms with Crippen molar-refractivity contribution < 1.29 is 9.90 Å². The average Bonchev–Trinajstić information content (AvgIpc) is 2.42. The van der Waals surface area contributed by atoms with Gasteiger partial charge in [0.1, 0.15) is 0 Å². The van der Waals surface area contributed by atoms with Crippen molar-refractivity contribution in [2.75, 3.05) is 25.5 Å². The first-order valence-corrected chi connectivity index (χ1v) is 7.30. The van der Waals surface area contributed by atoms with Gasteiger partial charge in [0.15, 0.2) is 0 Å². The number of hydrogen-bond acceptors (Lipinski definition) is 3. The first-order chi connectivity index (χ1) is 9.88. The number of aliphatic hydroxyl groups is 1. The van der Waals surface area contributed by atoms with Crippen LogP contribution in [0.1, 0.15) is 25.8 Å². The van der Waals surface area contributed by atoms with E-state index < -0.39 is 6.10 Å². The highest BCUT2D eigenvalue weighted by Crippen LogP contribution is 2.13. The quantitative estimate of drug-likeness (QED) is 0.758. The van der Waals surface area contributed by atoms with Gasteiger partial charge >= 0.3 is 0 Å². The maximum Gasteiger partial charge on any atom is 0.244 e. The molecule has 4 nitrogen and oxygen atoms in total. The zero-order chi connectivity index (χ0) is 15.8. The summed E-state index contributed by atoms with van der Waals surface area (Å²) in [5.74, 6) is 0.233. The van der Waals surface area contributed by atoms with Crippen LogP contribution in [0.25, 0.3) is 6.08 Å². The molecule has 0 radical (unpaired) electrons. The molecule has 0 saturated carbocycles. The Balaban J connectivity index is 2.43. The van der Waals surface area contributed by atoms with Gasteiger partial charge in [-0.2, -0.15) is 0 Å². The Kier molecular flexibility index (Phi) is 6.96. The van der Waals surface area contributed by atoms with Crippen LogP contribution in [-0.4, -0.2) is 37.8 Å². The van der Waals surface area contributed by atoms with Crippen molar-refractivity contribution in [1.29, 1.82) is 0 Å². The fourth-order valence-corrected chi connectivity index (χ4v) is 1.96. The number of anilines is 1. The Morgan fingerprint density at radius 1 is 1.29 bits per heavy atom. The Labute approximate surface area is 127 Å². The molecule has 116 valence electrons. The van der Waals surface area contributed by atoms with E-state index in [1.807, 2.05) is 57.1 Å². The fraction of sp³-hybridized carbons (Fsp3) is 0.471. The molecular weight excluding hydrogens is 264 g/mol. The molecule has 0 bridgehead atoms. The van der Waals surface area contributed by atoms with Crippen LogP contribution in [0.2, 0.25) is 0 Å². The van der Waals surface area contributed by atoms with Gasteiger partial charge in [0.25, 0.3) is 0 Å². The predicted molar refractivity (Wildman–Crippen MR) is 88.3 cm³/mol. The molecule has 0 heterocycles. The van der Waals surface area contributed by atoms with E-state index >= 15 is 0 Å². The van der Waals surface area contributed by atoms with E-state index in [0.717, 1.165) is 11.3 Å². The average molecular weight is 290 g/mol. The Morgan fingerprint density at radius 3 is 2.43 bits per heavy atom. The van der Waals surface area contributed by atoms with Crippen LogP contribution >= 0.6 is 0 Å². The number of benzene rings is 1. The summed E-state index contributed by atoms with van der Waals surface area (Å²) in [5, 5.41) is 12.4. The highest BCUT2D eigenvalue weighted by molar-refractivity contribution is 5.91. The molecule has 0 fully saturated rings. The molecule has 2 N–H and O–H groups in total. The van der Waals surface area contributed by atoms with Crippen molar-refractivity contribution in [1.82, 2.24) is 5.32 Å².